The number of para-hydroxylation sites is 1. The second-order valence-corrected chi connectivity index (χ2v) is 8.68. The van der Waals surface area contributed by atoms with Crippen LogP contribution in [-0.4, -0.2) is 40.1 Å². The van der Waals surface area contributed by atoms with Crippen molar-refractivity contribution in [1.29, 1.82) is 0 Å². The summed E-state index contributed by atoms with van der Waals surface area (Å²) in [7, 11) is -2.38. The number of amides is 1. The van der Waals surface area contributed by atoms with E-state index in [1.165, 1.54) is 19.2 Å². The maximum absolute atomic E-state index is 12.9. The predicted molar refractivity (Wildman–Crippen MR) is 113 cm³/mol. The molecule has 3 N–H and O–H groups in total. The van der Waals surface area contributed by atoms with E-state index in [0.717, 1.165) is 25.8 Å². The summed E-state index contributed by atoms with van der Waals surface area (Å²) in [5.74, 6) is -0.0955. The van der Waals surface area contributed by atoms with Crippen molar-refractivity contribution >= 4 is 21.6 Å². The summed E-state index contributed by atoms with van der Waals surface area (Å²) in [5.41, 5.74) is 0.508. The van der Waals surface area contributed by atoms with Crippen LogP contribution in [-0.2, 0) is 10.0 Å². The van der Waals surface area contributed by atoms with Gasteiger partial charge in [-0.15, -0.1) is 0 Å². The molecule has 1 saturated heterocycles. The molecule has 0 aliphatic carbocycles. The number of ether oxygens (including phenoxy) is 1. The van der Waals surface area contributed by atoms with Crippen LogP contribution in [0.5, 0.6) is 5.75 Å². The van der Waals surface area contributed by atoms with E-state index < -0.39 is 10.0 Å². The third-order valence-corrected chi connectivity index (χ3v) is 6.48. The highest BCUT2D eigenvalue weighted by Gasteiger charge is 2.27. The van der Waals surface area contributed by atoms with Crippen molar-refractivity contribution in [2.45, 2.75) is 43.2 Å². The molecule has 7 nitrogen and oxygen atoms in total. The highest BCUT2D eigenvalue weighted by Crippen LogP contribution is 2.31. The maximum atomic E-state index is 12.9. The summed E-state index contributed by atoms with van der Waals surface area (Å²) >= 11 is 0. The summed E-state index contributed by atoms with van der Waals surface area (Å²) in [4.78, 5) is 13.1. The van der Waals surface area contributed by atoms with E-state index >= 15 is 0 Å². The van der Waals surface area contributed by atoms with Crippen LogP contribution in [0.4, 0.5) is 5.69 Å². The van der Waals surface area contributed by atoms with Gasteiger partial charge in [0.25, 0.3) is 15.9 Å². The second kappa shape index (κ2) is 9.28. The van der Waals surface area contributed by atoms with Gasteiger partial charge in [0.2, 0.25) is 0 Å². The minimum Gasteiger partial charge on any atom is -0.494 e. The van der Waals surface area contributed by atoms with Gasteiger partial charge in [-0.05, 0) is 50.1 Å². The molecule has 2 aromatic carbocycles. The first-order valence-electron chi connectivity index (χ1n) is 9.75. The third-order valence-electron chi connectivity index (χ3n) is 5.10. The highest BCUT2D eigenvalue weighted by molar-refractivity contribution is 7.92. The zero-order valence-electron chi connectivity index (χ0n) is 16.6. The van der Waals surface area contributed by atoms with Gasteiger partial charge in [0.1, 0.15) is 0 Å². The van der Waals surface area contributed by atoms with Crippen LogP contribution in [0.25, 0.3) is 0 Å². The first-order chi connectivity index (χ1) is 14.0. The Morgan fingerprint density at radius 1 is 1.21 bits per heavy atom. The summed E-state index contributed by atoms with van der Waals surface area (Å²) < 4.78 is 33.3. The van der Waals surface area contributed by atoms with Crippen molar-refractivity contribution in [2.24, 2.45) is 0 Å². The van der Waals surface area contributed by atoms with Crippen LogP contribution < -0.4 is 20.1 Å². The lowest BCUT2D eigenvalue weighted by Crippen LogP contribution is -2.47. The molecule has 29 heavy (non-hydrogen) atoms. The van der Waals surface area contributed by atoms with E-state index in [1.54, 1.807) is 36.4 Å². The minimum absolute atomic E-state index is 0.000581. The van der Waals surface area contributed by atoms with Crippen LogP contribution in [0.15, 0.2) is 53.4 Å². The molecule has 8 heteroatoms. The fraction of sp³-hybridized carbons (Fsp3) is 0.381. The molecule has 1 heterocycles. The first-order valence-corrected chi connectivity index (χ1v) is 11.2. The molecule has 2 aromatic rings. The molecule has 2 unspecified atom stereocenters. The number of rotatable bonds is 8. The number of methoxy groups -OCH3 is 1. The molecule has 0 saturated carbocycles. The summed E-state index contributed by atoms with van der Waals surface area (Å²) in [6.45, 7) is 2.99. The zero-order valence-corrected chi connectivity index (χ0v) is 17.5. The Balaban J connectivity index is 1.84. The lowest BCUT2D eigenvalue weighted by atomic mass is 10.0. The van der Waals surface area contributed by atoms with Gasteiger partial charge in [-0.1, -0.05) is 31.2 Å². The predicted octanol–water partition coefficient (Wildman–Crippen LogP) is 2.76. The van der Waals surface area contributed by atoms with Gasteiger partial charge in [0.05, 0.1) is 23.3 Å². The molecule has 0 aromatic heterocycles. The van der Waals surface area contributed by atoms with E-state index in [-0.39, 0.29) is 39.9 Å². The largest absolute Gasteiger partial charge is 0.494 e. The molecular formula is C21H27N3O4S. The summed E-state index contributed by atoms with van der Waals surface area (Å²) in [6, 6.07) is 13.1. The second-order valence-electron chi connectivity index (χ2n) is 7.00. The summed E-state index contributed by atoms with van der Waals surface area (Å²) in [5, 5.41) is 6.48. The smallest absolute Gasteiger partial charge is 0.262 e. The molecule has 156 valence electrons. The molecule has 2 atom stereocenters. The van der Waals surface area contributed by atoms with Gasteiger partial charge in [-0.25, -0.2) is 8.42 Å². The molecule has 3 rings (SSSR count). The van der Waals surface area contributed by atoms with Gasteiger partial charge in [0.15, 0.2) is 5.75 Å². The van der Waals surface area contributed by atoms with E-state index in [0.29, 0.717) is 0 Å². The topological polar surface area (TPSA) is 96.5 Å². The number of sulfonamides is 1. The van der Waals surface area contributed by atoms with Crippen LogP contribution >= 0.6 is 0 Å². The monoisotopic (exact) mass is 417 g/mol. The standard InChI is InChI=1S/C21H27N3O4S/c1-3-17(18-13-8-14-22-18)23-21(25)16-11-7-12-19(20(16)28-2)24-29(26,27)15-9-5-4-6-10-15/h4-7,9-12,17-18,22,24H,3,8,13-14H2,1-2H3,(H,23,25). The van der Waals surface area contributed by atoms with Crippen LogP contribution in [0.2, 0.25) is 0 Å². The summed E-state index contributed by atoms with van der Waals surface area (Å²) in [6.07, 6.45) is 2.91. The average Bonchev–Trinajstić information content (AvgIpc) is 3.26. The van der Waals surface area contributed by atoms with Gasteiger partial charge < -0.3 is 15.4 Å². The lowest BCUT2D eigenvalue weighted by molar-refractivity contribution is 0.0924. The van der Waals surface area contributed by atoms with Gasteiger partial charge in [-0.2, -0.15) is 0 Å². The molecule has 0 bridgehead atoms. The number of hydrogen-bond donors (Lipinski definition) is 3. The lowest BCUT2D eigenvalue weighted by Gasteiger charge is -2.24. The van der Waals surface area contributed by atoms with E-state index in [9.17, 15) is 13.2 Å². The number of carbonyl (C=O) groups excluding carboxylic acids is 1. The fourth-order valence-corrected chi connectivity index (χ4v) is 4.69. The molecule has 0 radical (unpaired) electrons. The molecule has 1 fully saturated rings. The Morgan fingerprint density at radius 3 is 2.59 bits per heavy atom. The molecule has 1 aliphatic rings. The Morgan fingerprint density at radius 2 is 1.97 bits per heavy atom. The normalized spacial score (nSPS) is 17.5. The van der Waals surface area contributed by atoms with E-state index in [1.807, 2.05) is 6.92 Å². The van der Waals surface area contributed by atoms with Crippen LogP contribution in [0.3, 0.4) is 0 Å². The number of carbonyl (C=O) groups is 1. The van der Waals surface area contributed by atoms with Gasteiger partial charge in [-0.3, -0.25) is 9.52 Å². The Bertz CT molecular complexity index is 942. The van der Waals surface area contributed by atoms with Crippen molar-refractivity contribution in [1.82, 2.24) is 10.6 Å². The van der Waals surface area contributed by atoms with E-state index in [2.05, 4.69) is 15.4 Å². The van der Waals surface area contributed by atoms with Gasteiger partial charge in [0, 0.05) is 12.1 Å². The van der Waals surface area contributed by atoms with E-state index in [4.69, 9.17) is 4.74 Å². The minimum atomic E-state index is -3.80. The van der Waals surface area contributed by atoms with Crippen molar-refractivity contribution < 1.29 is 17.9 Å². The van der Waals surface area contributed by atoms with Crippen LogP contribution in [0.1, 0.15) is 36.5 Å². The molecule has 0 spiro atoms. The average molecular weight is 418 g/mol. The fourth-order valence-electron chi connectivity index (χ4n) is 3.61. The quantitative estimate of drug-likeness (QED) is 0.614. The molecular weight excluding hydrogens is 390 g/mol. The number of benzene rings is 2. The molecule has 1 aliphatic heterocycles. The van der Waals surface area contributed by atoms with Crippen molar-refractivity contribution in [2.75, 3.05) is 18.4 Å². The molecule has 1 amide bonds. The number of hydrogen-bond acceptors (Lipinski definition) is 5. The first kappa shape index (κ1) is 21.1. The Kier molecular flexibility index (Phi) is 6.76. The maximum Gasteiger partial charge on any atom is 0.262 e. The van der Waals surface area contributed by atoms with Crippen molar-refractivity contribution in [3.05, 3.63) is 54.1 Å². The SMILES string of the molecule is CCC(NC(=O)c1cccc(NS(=O)(=O)c2ccccc2)c1OC)C1CCCN1. The Labute approximate surface area is 171 Å². The van der Waals surface area contributed by atoms with Crippen molar-refractivity contribution in [3.8, 4) is 5.75 Å². The van der Waals surface area contributed by atoms with Crippen LogP contribution in [0, 0.1) is 0 Å². The number of anilines is 1. The Hall–Kier alpha value is -2.58. The number of nitrogens with one attached hydrogen (secondary N) is 3. The van der Waals surface area contributed by atoms with Gasteiger partial charge >= 0.3 is 0 Å². The third kappa shape index (κ3) is 4.89. The van der Waals surface area contributed by atoms with Crippen molar-refractivity contribution in [3.63, 3.8) is 0 Å². The highest BCUT2D eigenvalue weighted by atomic mass is 32.2. The zero-order chi connectivity index (χ0) is 20.9.